The van der Waals surface area contributed by atoms with Gasteiger partial charge in [-0.1, -0.05) is 52.5 Å². The molecule has 1 aliphatic carbocycles. The van der Waals surface area contributed by atoms with Crippen LogP contribution in [-0.4, -0.2) is 66.4 Å². The molecular formula is C38H53N7O8Y2-2. The average Bonchev–Trinajstić information content (AvgIpc) is 3.58. The smallest absolute Gasteiger partial charge is 0.305 e. The number of benzene rings is 1. The SMILES string of the molecule is C=C(O)C[C@@H](C)NC(=O)[C@@H]1Cc2nc3cc(C([CH2-])(C)C)[nH]c3c(=O)n2C1.CC.C[C@H](CC(=O)O)NC(=O)C1(C(=O)NNC(=O)c2ccccc2)CC1.[CH3-].[Y].[Y]. The molecule has 1 aliphatic heterocycles. The molecule has 0 bridgehead atoms. The van der Waals surface area contributed by atoms with E-state index in [9.17, 15) is 33.9 Å². The summed E-state index contributed by atoms with van der Waals surface area (Å²) in [7, 11) is 0. The van der Waals surface area contributed by atoms with Crippen LogP contribution in [0.4, 0.5) is 0 Å². The summed E-state index contributed by atoms with van der Waals surface area (Å²) >= 11 is 0. The monoisotopic (exact) mass is 913 g/mol. The first-order valence-electron chi connectivity index (χ1n) is 17.2. The summed E-state index contributed by atoms with van der Waals surface area (Å²) in [6.45, 7) is 19.1. The van der Waals surface area contributed by atoms with Crippen LogP contribution < -0.4 is 27.0 Å². The maximum atomic E-state index is 12.8. The fraction of sp³-hybridized carbons (Fsp3) is 0.447. The van der Waals surface area contributed by atoms with Crippen molar-refractivity contribution in [2.45, 2.75) is 97.7 Å². The van der Waals surface area contributed by atoms with Gasteiger partial charge in [-0.15, -0.1) is 5.41 Å². The fourth-order valence-corrected chi connectivity index (χ4v) is 5.55. The largest absolute Gasteiger partial charge is 0.513 e. The van der Waals surface area contributed by atoms with Crippen molar-refractivity contribution < 1.29 is 99.6 Å². The van der Waals surface area contributed by atoms with Gasteiger partial charge in [-0.2, -0.15) is 0 Å². The molecule has 2 radical (unpaired) electrons. The Morgan fingerprint density at radius 1 is 1.00 bits per heavy atom. The van der Waals surface area contributed by atoms with Crippen molar-refractivity contribution in [1.29, 1.82) is 0 Å². The van der Waals surface area contributed by atoms with Crippen molar-refractivity contribution in [3.05, 3.63) is 90.5 Å². The molecule has 3 aromatic rings. The Bertz CT molecular complexity index is 1870. The minimum atomic E-state index is -1.24. The molecule has 15 nitrogen and oxygen atoms in total. The summed E-state index contributed by atoms with van der Waals surface area (Å²) in [6, 6.07) is 9.38. The van der Waals surface area contributed by atoms with E-state index < -0.39 is 35.1 Å². The van der Waals surface area contributed by atoms with Gasteiger partial charge < -0.3 is 40.2 Å². The second-order valence-corrected chi connectivity index (χ2v) is 13.7. The number of aliphatic hydroxyl groups is 1. The number of aliphatic carboxylic acids is 1. The van der Waals surface area contributed by atoms with E-state index in [-0.39, 0.29) is 114 Å². The summed E-state index contributed by atoms with van der Waals surface area (Å²) in [6.07, 6.45) is 1.19. The molecule has 1 fully saturated rings. The number of nitrogens with zero attached hydrogens (tertiary/aromatic N) is 2. The third-order valence-corrected chi connectivity index (χ3v) is 8.48. The van der Waals surface area contributed by atoms with E-state index in [1.807, 2.05) is 33.8 Å². The Hall–Kier alpha value is -3.26. The van der Waals surface area contributed by atoms with E-state index in [0.717, 1.165) is 5.69 Å². The number of H-pyrrole nitrogens is 1. The van der Waals surface area contributed by atoms with Crippen molar-refractivity contribution >= 4 is 40.6 Å². The van der Waals surface area contributed by atoms with Crippen LogP contribution in [0, 0.1) is 25.7 Å². The van der Waals surface area contributed by atoms with E-state index in [1.54, 1.807) is 48.7 Å². The molecule has 1 saturated carbocycles. The maximum absolute atomic E-state index is 12.8. The van der Waals surface area contributed by atoms with Gasteiger partial charge in [0, 0.05) is 102 Å². The fourth-order valence-electron chi connectivity index (χ4n) is 5.55. The van der Waals surface area contributed by atoms with E-state index in [0.29, 0.717) is 54.6 Å². The number of carbonyl (C=O) groups excluding carboxylic acids is 4. The molecule has 3 heterocycles. The van der Waals surface area contributed by atoms with E-state index in [4.69, 9.17) is 5.11 Å². The summed E-state index contributed by atoms with van der Waals surface area (Å²) in [5, 5.41) is 23.3. The molecule has 0 unspecified atom stereocenters. The van der Waals surface area contributed by atoms with Gasteiger partial charge in [-0.25, -0.2) is 4.98 Å². The predicted octanol–water partition coefficient (Wildman–Crippen LogP) is 3.65. The molecule has 1 aromatic carbocycles. The zero-order valence-corrected chi connectivity index (χ0v) is 38.4. The van der Waals surface area contributed by atoms with Crippen LogP contribution in [0.15, 0.2) is 53.5 Å². The van der Waals surface area contributed by atoms with Crippen LogP contribution in [-0.2, 0) is 103 Å². The number of aliphatic hydroxyl groups excluding tert-OH is 1. The molecule has 7 N–H and O–H groups in total. The number of fused-ring (bicyclic) bond motifs is 2. The number of hydrogen-bond donors (Lipinski definition) is 7. The molecule has 5 rings (SSSR count). The molecule has 17 heteroatoms. The van der Waals surface area contributed by atoms with E-state index in [1.165, 1.54) is 0 Å². The number of aromatic amines is 1. The van der Waals surface area contributed by atoms with Crippen molar-refractivity contribution in [3.8, 4) is 0 Å². The maximum Gasteiger partial charge on any atom is 0.305 e. The van der Waals surface area contributed by atoms with Crippen LogP contribution in [0.1, 0.15) is 89.1 Å². The quantitative estimate of drug-likeness (QED) is 0.0645. The summed E-state index contributed by atoms with van der Waals surface area (Å²) in [5.41, 5.74) is 5.08. The number of nitrogens with one attached hydrogen (secondary N) is 5. The zero-order valence-electron chi connectivity index (χ0n) is 32.7. The average molecular weight is 914 g/mol. The molecule has 4 amide bonds. The Balaban J connectivity index is 0.000000967. The van der Waals surface area contributed by atoms with E-state index >= 15 is 0 Å². The molecule has 2 aromatic heterocycles. The molecular weight excluding hydrogens is 860 g/mol. The second kappa shape index (κ2) is 22.5. The van der Waals surface area contributed by atoms with Crippen LogP contribution in [0.3, 0.4) is 0 Å². The normalized spacial score (nSPS) is 15.4. The van der Waals surface area contributed by atoms with Crippen LogP contribution in [0.25, 0.3) is 11.0 Å². The number of carbonyl (C=O) groups is 5. The molecule has 0 spiro atoms. The van der Waals surface area contributed by atoms with E-state index in [2.05, 4.69) is 45.0 Å². The number of hydrazine groups is 1. The second-order valence-electron chi connectivity index (χ2n) is 13.7. The van der Waals surface area contributed by atoms with Crippen LogP contribution in [0.5, 0.6) is 0 Å². The van der Waals surface area contributed by atoms with Gasteiger partial charge in [-0.05, 0) is 50.6 Å². The minimum absolute atomic E-state index is 0. The Morgan fingerprint density at radius 2 is 1.58 bits per heavy atom. The van der Waals surface area contributed by atoms with Gasteiger partial charge in [0.15, 0.2) is 0 Å². The standard InChI is InChI=1S/C19H25N4O3.C16H19N3O5.C2H6.CH3.2Y/c1-10(6-11(2)24)20-17(25)12-7-15-21-13-8-14(19(3,4)5)22-16(13)18(26)23(15)9-12;1-10(9-12(20)21)17-14(23)16(7-8-16)15(24)19-18-13(22)11-5-3-2-4-6-11;1-2;;;/h8,10,12,22,24H,2-3,6-7,9H2,1,4-5H3,(H,20,25);2-6,10H,7-9H2,1H3,(H,17,23)(H,18,22)(H,19,24)(H,20,21);1-2H3;1H3;;/q-1;;;-1;;/t10-,12-;10-;;;;/m11..../s1. The van der Waals surface area contributed by atoms with Gasteiger partial charge in [0.05, 0.1) is 23.6 Å². The number of aromatic nitrogens is 3. The van der Waals surface area contributed by atoms with Crippen molar-refractivity contribution in [2.24, 2.45) is 11.3 Å². The number of carboxylic acid groups (broad SMARTS) is 1. The number of carboxylic acids is 1. The van der Waals surface area contributed by atoms with Crippen LogP contribution in [0.2, 0.25) is 0 Å². The third kappa shape index (κ3) is 14.0. The van der Waals surface area contributed by atoms with Gasteiger partial charge >= 0.3 is 5.97 Å². The van der Waals surface area contributed by atoms with Gasteiger partial charge in [0.25, 0.3) is 17.4 Å². The molecule has 0 saturated heterocycles. The Kier molecular flexibility index (Phi) is 21.1. The first-order chi connectivity index (χ1) is 24.4. The number of hydrogen-bond acceptors (Lipinski definition) is 8. The first kappa shape index (κ1) is 51.7. The summed E-state index contributed by atoms with van der Waals surface area (Å²) in [4.78, 5) is 79.9. The van der Waals surface area contributed by atoms with Gasteiger partial charge in [0.1, 0.15) is 16.8 Å². The minimum Gasteiger partial charge on any atom is -0.513 e. The van der Waals surface area contributed by atoms with Crippen LogP contribution >= 0.6 is 0 Å². The molecule has 55 heavy (non-hydrogen) atoms. The topological polar surface area (TPSA) is 225 Å². The molecule has 296 valence electrons. The molecule has 2 aliphatic rings. The summed E-state index contributed by atoms with van der Waals surface area (Å²) < 4.78 is 1.57. The van der Waals surface area contributed by atoms with Gasteiger partial charge in [0.2, 0.25) is 11.8 Å². The van der Waals surface area contributed by atoms with Gasteiger partial charge in [-0.3, -0.25) is 44.2 Å². The number of amides is 4. The van der Waals surface area contributed by atoms with Crippen molar-refractivity contribution in [2.75, 3.05) is 0 Å². The molecule has 3 atom stereocenters. The summed E-state index contributed by atoms with van der Waals surface area (Å²) in [5.74, 6) is -2.49. The first-order valence-corrected chi connectivity index (χ1v) is 17.2. The van der Waals surface area contributed by atoms with Crippen molar-refractivity contribution in [1.82, 2.24) is 36.0 Å². The van der Waals surface area contributed by atoms with Crippen molar-refractivity contribution in [3.63, 3.8) is 0 Å². The Morgan fingerprint density at radius 3 is 2.11 bits per heavy atom. The number of rotatable bonds is 11. The third-order valence-electron chi connectivity index (χ3n) is 8.48. The Labute approximate surface area is 372 Å². The predicted molar refractivity (Wildman–Crippen MR) is 201 cm³/mol. The zero-order chi connectivity index (χ0) is 39.0.